The molecule has 0 saturated carbocycles. The number of aromatic nitrogens is 2. The minimum Gasteiger partial charge on any atom is -0.298 e. The molecule has 0 aliphatic heterocycles. The van der Waals surface area contributed by atoms with Crippen LogP contribution >= 0.6 is 11.6 Å². The lowest BCUT2D eigenvalue weighted by atomic mass is 10.1. The minimum absolute atomic E-state index is 0.109. The van der Waals surface area contributed by atoms with Gasteiger partial charge in [-0.25, -0.2) is 4.68 Å². The maximum absolute atomic E-state index is 12.8. The van der Waals surface area contributed by atoms with Crippen LogP contribution < -0.4 is 5.56 Å². The quantitative estimate of drug-likeness (QED) is 0.733. The maximum atomic E-state index is 12.8. The average molecular weight is 339 g/mol. The number of halogens is 4. The molecule has 0 saturated heterocycles. The molecule has 23 heavy (non-hydrogen) atoms. The molecule has 118 valence electrons. The summed E-state index contributed by atoms with van der Waals surface area (Å²) in [5.41, 5.74) is -0.250. The first-order valence-electron chi connectivity index (χ1n) is 6.60. The molecule has 3 nitrogen and oxygen atoms in total. The third-order valence-electron chi connectivity index (χ3n) is 3.34. The van der Waals surface area contributed by atoms with Crippen LogP contribution in [0.15, 0.2) is 59.5 Å². The molecule has 0 fully saturated rings. The highest BCUT2D eigenvalue weighted by Gasteiger charge is 2.30. The van der Waals surface area contributed by atoms with Gasteiger partial charge < -0.3 is 0 Å². The number of aromatic amines is 1. The highest BCUT2D eigenvalue weighted by atomic mass is 35.5. The monoisotopic (exact) mass is 338 g/mol. The third kappa shape index (κ3) is 3.03. The topological polar surface area (TPSA) is 37.8 Å². The highest BCUT2D eigenvalue weighted by molar-refractivity contribution is 6.30. The van der Waals surface area contributed by atoms with E-state index in [9.17, 15) is 18.0 Å². The molecule has 1 heterocycles. The Labute approximate surface area is 133 Å². The summed E-state index contributed by atoms with van der Waals surface area (Å²) in [6.45, 7) is 0. The zero-order valence-corrected chi connectivity index (χ0v) is 12.3. The van der Waals surface area contributed by atoms with E-state index in [0.29, 0.717) is 16.1 Å². The summed E-state index contributed by atoms with van der Waals surface area (Å²) in [5.74, 6) is 0. The molecule has 0 unspecified atom stereocenters. The SMILES string of the molecule is O=c1c(-c2cccc(Cl)c2)c[nH]n1-c1cccc(C(F)(F)F)c1. The first-order valence-corrected chi connectivity index (χ1v) is 6.98. The summed E-state index contributed by atoms with van der Waals surface area (Å²) >= 11 is 5.90. The van der Waals surface area contributed by atoms with E-state index in [-0.39, 0.29) is 5.69 Å². The standard InChI is InChI=1S/C16H10ClF3N2O/c17-12-5-1-3-10(7-12)14-9-21-22(15(14)23)13-6-2-4-11(8-13)16(18,19)20/h1-9,21H. The number of nitrogens with zero attached hydrogens (tertiary/aromatic N) is 1. The van der Waals surface area contributed by atoms with Crippen molar-refractivity contribution in [3.63, 3.8) is 0 Å². The Morgan fingerprint density at radius 1 is 1.04 bits per heavy atom. The van der Waals surface area contributed by atoms with Crippen molar-refractivity contribution in [2.24, 2.45) is 0 Å². The van der Waals surface area contributed by atoms with Crippen molar-refractivity contribution in [1.82, 2.24) is 9.78 Å². The maximum Gasteiger partial charge on any atom is 0.416 e. The van der Waals surface area contributed by atoms with Gasteiger partial charge in [-0.15, -0.1) is 0 Å². The van der Waals surface area contributed by atoms with Gasteiger partial charge in [0.25, 0.3) is 5.56 Å². The minimum atomic E-state index is -4.47. The van der Waals surface area contributed by atoms with Crippen molar-refractivity contribution >= 4 is 11.6 Å². The number of rotatable bonds is 2. The van der Waals surface area contributed by atoms with Crippen LogP contribution in [0.25, 0.3) is 16.8 Å². The van der Waals surface area contributed by atoms with E-state index in [4.69, 9.17) is 11.6 Å². The second kappa shape index (κ2) is 5.62. The van der Waals surface area contributed by atoms with E-state index in [1.165, 1.54) is 18.3 Å². The fourth-order valence-corrected chi connectivity index (χ4v) is 2.44. The number of hydrogen-bond donors (Lipinski definition) is 1. The van der Waals surface area contributed by atoms with Crippen molar-refractivity contribution < 1.29 is 13.2 Å². The van der Waals surface area contributed by atoms with Crippen molar-refractivity contribution in [2.45, 2.75) is 6.18 Å². The van der Waals surface area contributed by atoms with Crippen LogP contribution in [0, 0.1) is 0 Å². The molecule has 0 aliphatic rings. The van der Waals surface area contributed by atoms with Crippen LogP contribution in [0.2, 0.25) is 5.02 Å². The lowest BCUT2D eigenvalue weighted by Gasteiger charge is -2.08. The highest BCUT2D eigenvalue weighted by Crippen LogP contribution is 2.30. The Morgan fingerprint density at radius 2 is 1.78 bits per heavy atom. The summed E-state index contributed by atoms with van der Waals surface area (Å²) in [7, 11) is 0. The smallest absolute Gasteiger partial charge is 0.298 e. The molecule has 0 bridgehead atoms. The molecule has 2 aromatic carbocycles. The van der Waals surface area contributed by atoms with Crippen LogP contribution in [0.1, 0.15) is 5.56 Å². The summed E-state index contributed by atoms with van der Waals surface area (Å²) in [6.07, 6.45) is -3.03. The summed E-state index contributed by atoms with van der Waals surface area (Å²) in [4.78, 5) is 12.4. The first-order chi connectivity index (χ1) is 10.9. The van der Waals surface area contributed by atoms with Gasteiger partial charge in [0.1, 0.15) is 0 Å². The van der Waals surface area contributed by atoms with Gasteiger partial charge in [-0.3, -0.25) is 9.89 Å². The number of hydrogen-bond acceptors (Lipinski definition) is 1. The molecule has 0 spiro atoms. The number of nitrogens with one attached hydrogen (secondary N) is 1. The predicted octanol–water partition coefficient (Wildman–Crippen LogP) is 4.50. The van der Waals surface area contributed by atoms with Crippen LogP contribution in [0.4, 0.5) is 13.2 Å². The fraction of sp³-hybridized carbons (Fsp3) is 0.0625. The Balaban J connectivity index is 2.08. The molecular formula is C16H10ClF3N2O. The Kier molecular flexibility index (Phi) is 3.77. The molecule has 1 aromatic heterocycles. The van der Waals surface area contributed by atoms with Gasteiger partial charge in [-0.1, -0.05) is 29.8 Å². The molecule has 0 atom stereocenters. The first kappa shape index (κ1) is 15.4. The second-order valence-electron chi connectivity index (χ2n) is 4.89. The predicted molar refractivity (Wildman–Crippen MR) is 81.8 cm³/mol. The lowest BCUT2D eigenvalue weighted by Crippen LogP contribution is -2.16. The number of alkyl halides is 3. The van der Waals surface area contributed by atoms with Gasteiger partial charge in [0.2, 0.25) is 0 Å². The van der Waals surface area contributed by atoms with Gasteiger partial charge >= 0.3 is 6.18 Å². The van der Waals surface area contributed by atoms with Crippen molar-refractivity contribution in [3.8, 4) is 16.8 Å². The molecule has 3 rings (SSSR count). The fourth-order valence-electron chi connectivity index (χ4n) is 2.25. The zero-order valence-electron chi connectivity index (χ0n) is 11.6. The number of H-pyrrole nitrogens is 1. The molecule has 3 aromatic rings. The van der Waals surface area contributed by atoms with Crippen LogP contribution in [0.3, 0.4) is 0 Å². The molecule has 7 heteroatoms. The molecule has 0 amide bonds. The Hall–Kier alpha value is -2.47. The summed E-state index contributed by atoms with van der Waals surface area (Å²) in [5, 5.41) is 3.15. The summed E-state index contributed by atoms with van der Waals surface area (Å²) in [6, 6.07) is 11.2. The normalized spacial score (nSPS) is 11.7. The van der Waals surface area contributed by atoms with E-state index in [1.807, 2.05) is 0 Å². The van der Waals surface area contributed by atoms with Gasteiger partial charge in [0.15, 0.2) is 0 Å². The summed E-state index contributed by atoms with van der Waals surface area (Å²) < 4.78 is 39.4. The van der Waals surface area contributed by atoms with Crippen LogP contribution in [0.5, 0.6) is 0 Å². The van der Waals surface area contributed by atoms with Crippen molar-refractivity contribution in [1.29, 1.82) is 0 Å². The van der Waals surface area contributed by atoms with Gasteiger partial charge in [0.05, 0.1) is 16.8 Å². The molecule has 0 aliphatic carbocycles. The van der Waals surface area contributed by atoms with E-state index in [0.717, 1.165) is 16.8 Å². The van der Waals surface area contributed by atoms with E-state index >= 15 is 0 Å². The van der Waals surface area contributed by atoms with E-state index < -0.39 is 17.3 Å². The largest absolute Gasteiger partial charge is 0.416 e. The Morgan fingerprint density at radius 3 is 2.48 bits per heavy atom. The lowest BCUT2D eigenvalue weighted by molar-refractivity contribution is -0.137. The third-order valence-corrected chi connectivity index (χ3v) is 3.57. The van der Waals surface area contributed by atoms with Gasteiger partial charge in [-0.2, -0.15) is 13.2 Å². The van der Waals surface area contributed by atoms with E-state index in [2.05, 4.69) is 5.10 Å². The molecule has 0 radical (unpaired) electrons. The van der Waals surface area contributed by atoms with Gasteiger partial charge in [0, 0.05) is 11.2 Å². The average Bonchev–Trinajstić information content (AvgIpc) is 2.88. The second-order valence-corrected chi connectivity index (χ2v) is 5.32. The number of benzene rings is 2. The molecular weight excluding hydrogens is 329 g/mol. The van der Waals surface area contributed by atoms with Gasteiger partial charge in [-0.05, 0) is 35.9 Å². The zero-order chi connectivity index (χ0) is 16.6. The van der Waals surface area contributed by atoms with E-state index in [1.54, 1.807) is 24.3 Å². The molecule has 1 N–H and O–H groups in total. The van der Waals surface area contributed by atoms with Crippen LogP contribution in [-0.4, -0.2) is 9.78 Å². The van der Waals surface area contributed by atoms with Crippen LogP contribution in [-0.2, 0) is 6.18 Å². The Bertz CT molecular complexity index is 912. The van der Waals surface area contributed by atoms with Crippen molar-refractivity contribution in [3.05, 3.63) is 75.7 Å². The van der Waals surface area contributed by atoms with Crippen molar-refractivity contribution in [2.75, 3.05) is 0 Å².